The molecule has 10 aromatic rings. The molecule has 13 rings (SSSR count). The van der Waals surface area contributed by atoms with Gasteiger partial charge in [0.15, 0.2) is 5.69 Å². The van der Waals surface area contributed by atoms with E-state index in [1.54, 1.807) is 0 Å². The van der Waals surface area contributed by atoms with E-state index in [2.05, 4.69) is 260 Å². The van der Waals surface area contributed by atoms with Crippen molar-refractivity contribution in [1.29, 1.82) is 0 Å². The third-order valence-corrected chi connectivity index (χ3v) is 14.4. The SMILES string of the molecule is C1=CC2c3c[n+](-c4cc(-c5cccc(-c6cc(-c7ccccc7)nc(-c7ccc8c(c7)-c7ccccc7C8c7ccccc7)c6)c5)cc(-c5ccccc5)n4)ccc3C(c3ccccc3)C2C=C1. The molecule has 0 saturated heterocycles. The minimum Gasteiger partial charge on any atom is -0.248 e. The van der Waals surface area contributed by atoms with Crippen LogP contribution in [-0.2, 0) is 0 Å². The fourth-order valence-electron chi connectivity index (χ4n) is 11.2. The van der Waals surface area contributed by atoms with Crippen molar-refractivity contribution in [3.8, 4) is 73.0 Å². The quantitative estimate of drug-likeness (QED) is 0.142. The molecule has 0 N–H and O–H groups in total. The summed E-state index contributed by atoms with van der Waals surface area (Å²) in [4.78, 5) is 10.7. The topological polar surface area (TPSA) is 29.7 Å². The van der Waals surface area contributed by atoms with Gasteiger partial charge >= 0.3 is 5.82 Å². The number of rotatable bonds is 8. The Morgan fingerprint density at radius 1 is 0.353 bits per heavy atom. The predicted octanol–water partition coefficient (Wildman–Crippen LogP) is 15.2. The van der Waals surface area contributed by atoms with Gasteiger partial charge in [0, 0.05) is 46.1 Å². The van der Waals surface area contributed by atoms with Gasteiger partial charge in [-0.25, -0.2) is 9.55 Å². The first kappa shape index (κ1) is 39.8. The van der Waals surface area contributed by atoms with Gasteiger partial charge in [0.2, 0.25) is 0 Å². The molecule has 0 saturated carbocycles. The zero-order chi connectivity index (χ0) is 45.0. The fourth-order valence-corrected chi connectivity index (χ4v) is 11.2. The summed E-state index contributed by atoms with van der Waals surface area (Å²) in [5.41, 5.74) is 21.2. The van der Waals surface area contributed by atoms with Crippen LogP contribution < -0.4 is 4.57 Å². The van der Waals surface area contributed by atoms with Crippen LogP contribution in [0.25, 0.3) is 73.0 Å². The van der Waals surface area contributed by atoms with Crippen LogP contribution >= 0.6 is 0 Å². The first-order chi connectivity index (χ1) is 33.7. The van der Waals surface area contributed by atoms with Crippen molar-refractivity contribution in [3.05, 3.63) is 288 Å². The zero-order valence-electron chi connectivity index (χ0n) is 37.4. The van der Waals surface area contributed by atoms with Crippen molar-refractivity contribution in [3.63, 3.8) is 0 Å². The highest BCUT2D eigenvalue weighted by Crippen LogP contribution is 2.52. The van der Waals surface area contributed by atoms with Gasteiger partial charge < -0.3 is 0 Å². The summed E-state index contributed by atoms with van der Waals surface area (Å²) in [6.45, 7) is 0. The van der Waals surface area contributed by atoms with Gasteiger partial charge in [0.05, 0.1) is 17.6 Å². The minimum atomic E-state index is 0.196. The normalized spacial score (nSPS) is 17.3. The summed E-state index contributed by atoms with van der Waals surface area (Å²) in [7, 11) is 0. The van der Waals surface area contributed by atoms with Crippen LogP contribution in [0.5, 0.6) is 0 Å². The molecule has 3 aromatic heterocycles. The van der Waals surface area contributed by atoms with E-state index >= 15 is 0 Å². The largest absolute Gasteiger partial charge is 0.328 e. The van der Waals surface area contributed by atoms with Crippen LogP contribution in [0.1, 0.15) is 51.1 Å². The molecule has 3 heteroatoms. The van der Waals surface area contributed by atoms with Crippen molar-refractivity contribution >= 4 is 0 Å². The molecule has 0 spiro atoms. The van der Waals surface area contributed by atoms with Gasteiger partial charge in [0.25, 0.3) is 0 Å². The zero-order valence-corrected chi connectivity index (χ0v) is 37.4. The van der Waals surface area contributed by atoms with E-state index < -0.39 is 0 Å². The van der Waals surface area contributed by atoms with E-state index in [1.165, 1.54) is 44.5 Å². The monoisotopic (exact) mass is 868 g/mol. The molecular weight excluding hydrogens is 823 g/mol. The number of allylic oxidation sites excluding steroid dienone is 4. The summed E-state index contributed by atoms with van der Waals surface area (Å²) in [5.74, 6) is 2.05. The molecule has 3 aliphatic carbocycles. The van der Waals surface area contributed by atoms with Crippen LogP contribution in [-0.4, -0.2) is 9.97 Å². The molecular formula is C65H46N3+. The molecule has 4 atom stereocenters. The van der Waals surface area contributed by atoms with Crippen LogP contribution in [0, 0.1) is 5.92 Å². The Labute approximate surface area is 397 Å². The van der Waals surface area contributed by atoms with Crippen molar-refractivity contribution in [2.75, 3.05) is 0 Å². The molecule has 68 heavy (non-hydrogen) atoms. The number of hydrogen-bond donors (Lipinski definition) is 0. The first-order valence-corrected chi connectivity index (χ1v) is 23.7. The molecule has 0 aliphatic heterocycles. The Morgan fingerprint density at radius 2 is 0.926 bits per heavy atom. The second-order valence-electron chi connectivity index (χ2n) is 18.3. The molecule has 0 fully saturated rings. The average molecular weight is 869 g/mol. The number of benzene rings is 7. The van der Waals surface area contributed by atoms with E-state index in [-0.39, 0.29) is 5.92 Å². The predicted molar refractivity (Wildman–Crippen MR) is 276 cm³/mol. The Kier molecular flexibility index (Phi) is 9.79. The third-order valence-electron chi connectivity index (χ3n) is 14.4. The van der Waals surface area contributed by atoms with Gasteiger partial charge in [-0.3, -0.25) is 0 Å². The summed E-state index contributed by atoms with van der Waals surface area (Å²) in [6.07, 6.45) is 13.7. The Morgan fingerprint density at radius 3 is 1.65 bits per heavy atom. The lowest BCUT2D eigenvalue weighted by Gasteiger charge is -2.22. The standard InChI is InChI=1S/C65H46N3/c1-5-18-43(19-6-1)60-38-50(39-62(66-60)49-32-33-56-58(37-49)52-28-13-15-30-54(52)64(56)45-22-9-3-10-23-45)47-26-17-27-48(36-47)51-40-61(44-20-7-2-8-21-44)67-63(41-51)68-35-34-57-59(42-68)53-29-14-16-31-55(53)65(57)46-24-11-4-12-25-46/h1-42,53,55,64-65H/q+1. The highest BCUT2D eigenvalue weighted by molar-refractivity contribution is 5.86. The smallest absolute Gasteiger partial charge is 0.248 e. The van der Waals surface area contributed by atoms with Crippen molar-refractivity contribution in [2.45, 2.75) is 17.8 Å². The second kappa shape index (κ2) is 16.7. The van der Waals surface area contributed by atoms with Gasteiger partial charge in [-0.05, 0) is 108 Å². The van der Waals surface area contributed by atoms with Gasteiger partial charge in [-0.2, -0.15) is 0 Å². The summed E-state index contributed by atoms with van der Waals surface area (Å²) in [6, 6.07) is 79.0. The molecule has 0 amide bonds. The van der Waals surface area contributed by atoms with Crippen LogP contribution in [0.2, 0.25) is 0 Å². The summed E-state index contributed by atoms with van der Waals surface area (Å²) >= 11 is 0. The van der Waals surface area contributed by atoms with Gasteiger partial charge in [-0.1, -0.05) is 200 Å². The molecule has 3 nitrogen and oxygen atoms in total. The number of pyridine rings is 3. The van der Waals surface area contributed by atoms with E-state index in [0.717, 1.165) is 61.8 Å². The first-order valence-electron chi connectivity index (χ1n) is 23.7. The lowest BCUT2D eigenvalue weighted by molar-refractivity contribution is -0.600. The Hall–Kier alpha value is -8.53. The molecule has 4 unspecified atom stereocenters. The number of hydrogen-bond acceptors (Lipinski definition) is 2. The number of nitrogens with zero attached hydrogens (tertiary/aromatic N) is 3. The van der Waals surface area contributed by atoms with E-state index in [4.69, 9.17) is 9.97 Å². The lowest BCUT2D eigenvalue weighted by Crippen LogP contribution is -2.32. The summed E-state index contributed by atoms with van der Waals surface area (Å²) in [5, 5.41) is 0. The van der Waals surface area contributed by atoms with E-state index in [1.807, 2.05) is 0 Å². The molecule has 0 bridgehead atoms. The fraction of sp³-hybridized carbons (Fsp3) is 0.0615. The lowest BCUT2D eigenvalue weighted by atomic mass is 9.80. The van der Waals surface area contributed by atoms with Crippen LogP contribution in [0.4, 0.5) is 0 Å². The van der Waals surface area contributed by atoms with Crippen LogP contribution in [0.15, 0.2) is 255 Å². The van der Waals surface area contributed by atoms with Gasteiger partial charge in [-0.15, -0.1) is 0 Å². The van der Waals surface area contributed by atoms with Gasteiger partial charge in [0.1, 0.15) is 6.20 Å². The Bertz CT molecular complexity index is 3580. The van der Waals surface area contributed by atoms with Crippen molar-refractivity contribution in [1.82, 2.24) is 9.97 Å². The summed E-state index contributed by atoms with van der Waals surface area (Å²) < 4.78 is 2.23. The minimum absolute atomic E-state index is 0.196. The maximum absolute atomic E-state index is 5.38. The molecule has 3 heterocycles. The van der Waals surface area contributed by atoms with Crippen molar-refractivity contribution < 1.29 is 4.57 Å². The second-order valence-corrected chi connectivity index (χ2v) is 18.3. The maximum Gasteiger partial charge on any atom is 0.328 e. The third kappa shape index (κ3) is 7.03. The van der Waals surface area contributed by atoms with E-state index in [9.17, 15) is 0 Å². The maximum atomic E-state index is 5.38. The molecule has 7 aromatic carbocycles. The highest BCUT2D eigenvalue weighted by atomic mass is 15.0. The van der Waals surface area contributed by atoms with Crippen molar-refractivity contribution in [2.24, 2.45) is 5.92 Å². The number of aromatic nitrogens is 3. The molecule has 320 valence electrons. The average Bonchev–Trinajstić information content (AvgIpc) is 3.94. The molecule has 3 aliphatic rings. The highest BCUT2D eigenvalue weighted by Gasteiger charge is 2.41. The van der Waals surface area contributed by atoms with E-state index in [0.29, 0.717) is 17.8 Å². The molecule has 0 radical (unpaired) electrons. The van der Waals surface area contributed by atoms with Crippen LogP contribution in [0.3, 0.4) is 0 Å². The Balaban J connectivity index is 0.920. The number of fused-ring (bicyclic) bond motifs is 6.